The minimum atomic E-state index is -2.98. The van der Waals surface area contributed by atoms with Crippen LogP contribution in [0.4, 0.5) is 0 Å². The van der Waals surface area contributed by atoms with Crippen molar-refractivity contribution in [1.82, 2.24) is 10.2 Å². The molecule has 1 atom stereocenters. The summed E-state index contributed by atoms with van der Waals surface area (Å²) in [7, 11) is -2.98. The Hall–Kier alpha value is 0.220. The van der Waals surface area contributed by atoms with E-state index in [0.29, 0.717) is 11.8 Å². The Morgan fingerprint density at radius 1 is 1.37 bits per heavy atom. The minimum absolute atomic E-state index is 0.119. The van der Waals surface area contributed by atoms with Crippen molar-refractivity contribution in [2.45, 2.75) is 38.1 Å². The fraction of sp³-hybridized carbons (Fsp3) is 1.00. The smallest absolute Gasteiger partial charge is 0.164 e. The van der Waals surface area contributed by atoms with Crippen LogP contribution in [0.15, 0.2) is 0 Å². The van der Waals surface area contributed by atoms with Crippen LogP contribution in [0.2, 0.25) is 0 Å². The molecule has 1 unspecified atom stereocenters. The van der Waals surface area contributed by atoms with E-state index in [1.807, 2.05) is 0 Å². The Morgan fingerprint density at radius 3 is 2.63 bits per heavy atom. The van der Waals surface area contributed by atoms with Crippen molar-refractivity contribution < 1.29 is 8.42 Å². The summed E-state index contributed by atoms with van der Waals surface area (Å²) in [6, 6.07) is 0.710. The topological polar surface area (TPSA) is 49.4 Å². The Kier molecular flexibility index (Phi) is 4.86. The molecule has 2 aliphatic rings. The number of nitrogens with zero attached hydrogens (tertiary/aromatic N) is 1. The number of thioether (sulfide) groups is 1. The van der Waals surface area contributed by atoms with Gasteiger partial charge in [-0.15, -0.1) is 0 Å². The standard InChI is InChI=1S/C13H26N2O2S2/c1-13(2,9-14-11-4-5-11)10-15-6-7-18-8-12(15)19(3,16)17/h11-12,14H,4-10H2,1-3H3. The van der Waals surface area contributed by atoms with Crippen molar-refractivity contribution in [1.29, 1.82) is 0 Å². The van der Waals surface area contributed by atoms with Crippen molar-refractivity contribution >= 4 is 21.6 Å². The predicted octanol–water partition coefficient (Wildman–Crippen LogP) is 1.18. The lowest BCUT2D eigenvalue weighted by Gasteiger charge is -2.39. The molecule has 1 aliphatic heterocycles. The van der Waals surface area contributed by atoms with Gasteiger partial charge in [-0.3, -0.25) is 4.90 Å². The molecule has 1 saturated heterocycles. The van der Waals surface area contributed by atoms with Gasteiger partial charge in [-0.1, -0.05) is 13.8 Å². The van der Waals surface area contributed by atoms with Gasteiger partial charge in [0, 0.05) is 43.4 Å². The molecular weight excluding hydrogens is 280 g/mol. The van der Waals surface area contributed by atoms with Gasteiger partial charge < -0.3 is 5.32 Å². The van der Waals surface area contributed by atoms with E-state index in [4.69, 9.17) is 0 Å². The molecule has 0 bridgehead atoms. The van der Waals surface area contributed by atoms with Gasteiger partial charge >= 0.3 is 0 Å². The van der Waals surface area contributed by atoms with Crippen LogP contribution in [0.3, 0.4) is 0 Å². The summed E-state index contributed by atoms with van der Waals surface area (Å²) in [4.78, 5) is 2.17. The molecule has 0 spiro atoms. The van der Waals surface area contributed by atoms with Gasteiger partial charge in [0.2, 0.25) is 0 Å². The van der Waals surface area contributed by atoms with E-state index < -0.39 is 9.84 Å². The lowest BCUT2D eigenvalue weighted by Crippen LogP contribution is -2.51. The zero-order valence-electron chi connectivity index (χ0n) is 12.2. The van der Waals surface area contributed by atoms with Crippen molar-refractivity contribution in [3.05, 3.63) is 0 Å². The van der Waals surface area contributed by atoms with Crippen LogP contribution in [0.5, 0.6) is 0 Å². The average Bonchev–Trinajstić information content (AvgIpc) is 3.09. The third-order valence-electron chi connectivity index (χ3n) is 3.76. The Balaban J connectivity index is 1.93. The largest absolute Gasteiger partial charge is 0.313 e. The molecule has 4 nitrogen and oxygen atoms in total. The zero-order chi connectivity index (χ0) is 14.1. The molecule has 0 amide bonds. The summed E-state index contributed by atoms with van der Waals surface area (Å²) >= 11 is 1.75. The normalized spacial score (nSPS) is 26.6. The Labute approximate surface area is 121 Å². The molecular formula is C13H26N2O2S2. The molecule has 1 heterocycles. The van der Waals surface area contributed by atoms with E-state index in [9.17, 15) is 8.42 Å². The molecule has 2 fully saturated rings. The maximum Gasteiger partial charge on any atom is 0.164 e. The monoisotopic (exact) mass is 306 g/mol. The number of rotatable bonds is 6. The van der Waals surface area contributed by atoms with Gasteiger partial charge in [0.15, 0.2) is 9.84 Å². The third kappa shape index (κ3) is 4.92. The van der Waals surface area contributed by atoms with Gasteiger partial charge in [-0.05, 0) is 18.3 Å². The molecule has 0 radical (unpaired) electrons. The first kappa shape index (κ1) is 15.6. The summed E-state index contributed by atoms with van der Waals surface area (Å²) in [5, 5.41) is 3.26. The van der Waals surface area contributed by atoms with E-state index in [1.54, 1.807) is 11.8 Å². The lowest BCUT2D eigenvalue weighted by molar-refractivity contribution is 0.171. The number of sulfone groups is 1. The van der Waals surface area contributed by atoms with E-state index in [1.165, 1.54) is 19.1 Å². The van der Waals surface area contributed by atoms with Crippen LogP contribution in [-0.4, -0.2) is 62.1 Å². The first-order valence-corrected chi connectivity index (χ1v) is 10.1. The van der Waals surface area contributed by atoms with Gasteiger partial charge in [0.05, 0.1) is 0 Å². The van der Waals surface area contributed by atoms with Crippen LogP contribution in [0.25, 0.3) is 0 Å². The highest BCUT2D eigenvalue weighted by atomic mass is 32.2. The van der Waals surface area contributed by atoms with Crippen LogP contribution >= 0.6 is 11.8 Å². The van der Waals surface area contributed by atoms with Gasteiger partial charge in [-0.25, -0.2) is 8.42 Å². The second-order valence-corrected chi connectivity index (χ2v) is 10.0. The van der Waals surface area contributed by atoms with Crippen LogP contribution < -0.4 is 5.32 Å². The molecule has 2 rings (SSSR count). The van der Waals surface area contributed by atoms with E-state index >= 15 is 0 Å². The second kappa shape index (κ2) is 5.92. The highest BCUT2D eigenvalue weighted by Gasteiger charge is 2.35. The van der Waals surface area contributed by atoms with Gasteiger partial charge in [0.1, 0.15) is 5.37 Å². The third-order valence-corrected chi connectivity index (χ3v) is 6.45. The number of nitrogens with one attached hydrogen (secondary N) is 1. The first-order chi connectivity index (χ1) is 8.78. The zero-order valence-corrected chi connectivity index (χ0v) is 13.8. The van der Waals surface area contributed by atoms with Crippen molar-refractivity contribution in [3.63, 3.8) is 0 Å². The fourth-order valence-corrected chi connectivity index (χ4v) is 5.45. The Bertz CT molecular complexity index is 405. The second-order valence-electron chi connectivity index (χ2n) is 6.65. The highest BCUT2D eigenvalue weighted by molar-refractivity contribution is 8.00. The molecule has 0 aromatic heterocycles. The van der Waals surface area contributed by atoms with Crippen molar-refractivity contribution in [2.24, 2.45) is 5.41 Å². The molecule has 6 heteroatoms. The van der Waals surface area contributed by atoms with Crippen molar-refractivity contribution in [2.75, 3.05) is 37.4 Å². The van der Waals surface area contributed by atoms with Crippen LogP contribution in [0.1, 0.15) is 26.7 Å². The number of hydrogen-bond acceptors (Lipinski definition) is 5. The predicted molar refractivity (Wildman–Crippen MR) is 82.3 cm³/mol. The summed E-state index contributed by atoms with van der Waals surface area (Å²) in [5.74, 6) is 1.75. The summed E-state index contributed by atoms with van der Waals surface area (Å²) in [5.41, 5.74) is 0.119. The molecule has 19 heavy (non-hydrogen) atoms. The molecule has 0 aromatic carbocycles. The summed E-state index contributed by atoms with van der Waals surface area (Å²) < 4.78 is 23.8. The van der Waals surface area contributed by atoms with Crippen LogP contribution in [-0.2, 0) is 9.84 Å². The Morgan fingerprint density at radius 2 is 2.05 bits per heavy atom. The number of hydrogen-bond donors (Lipinski definition) is 1. The maximum atomic E-state index is 11.9. The molecule has 1 saturated carbocycles. The SMILES string of the molecule is CC(C)(CNC1CC1)CN1CCSCC1S(C)(=O)=O. The van der Waals surface area contributed by atoms with E-state index in [0.717, 1.165) is 25.4 Å². The van der Waals surface area contributed by atoms with Gasteiger partial charge in [0.25, 0.3) is 0 Å². The maximum absolute atomic E-state index is 11.9. The van der Waals surface area contributed by atoms with E-state index in [-0.39, 0.29) is 10.8 Å². The van der Waals surface area contributed by atoms with Crippen LogP contribution in [0, 0.1) is 5.41 Å². The fourth-order valence-electron chi connectivity index (χ4n) is 2.50. The van der Waals surface area contributed by atoms with Gasteiger partial charge in [-0.2, -0.15) is 11.8 Å². The molecule has 0 aromatic rings. The molecule has 1 aliphatic carbocycles. The van der Waals surface area contributed by atoms with Crippen molar-refractivity contribution in [3.8, 4) is 0 Å². The summed E-state index contributed by atoms with van der Waals surface area (Å²) in [6.07, 6.45) is 3.96. The molecule has 112 valence electrons. The lowest BCUT2D eigenvalue weighted by atomic mass is 9.92. The quantitative estimate of drug-likeness (QED) is 0.799. The average molecular weight is 306 g/mol. The highest BCUT2D eigenvalue weighted by Crippen LogP contribution is 2.26. The minimum Gasteiger partial charge on any atom is -0.313 e. The summed E-state index contributed by atoms with van der Waals surface area (Å²) in [6.45, 7) is 7.16. The van der Waals surface area contributed by atoms with E-state index in [2.05, 4.69) is 24.1 Å². The first-order valence-electron chi connectivity index (χ1n) is 7.02. The molecule has 1 N–H and O–H groups in total.